The van der Waals surface area contributed by atoms with Gasteiger partial charge in [-0.15, -0.1) is 0 Å². The van der Waals surface area contributed by atoms with Gasteiger partial charge in [0.05, 0.1) is 6.10 Å². The second-order valence-corrected chi connectivity index (χ2v) is 6.03. The SMILES string of the molecule is OC(CCCC(F)(F)F)C1(N2CCCC2)CCCC1. The Hall–Kier alpha value is -0.290. The molecule has 0 amide bonds. The van der Waals surface area contributed by atoms with Crippen LogP contribution in [0.15, 0.2) is 0 Å². The third kappa shape index (κ3) is 3.63. The highest BCUT2D eigenvalue weighted by Gasteiger charge is 2.45. The first kappa shape index (κ1) is 15.1. The van der Waals surface area contributed by atoms with E-state index in [1.807, 2.05) is 0 Å². The van der Waals surface area contributed by atoms with Crippen molar-refractivity contribution in [2.45, 2.75) is 75.6 Å². The first-order chi connectivity index (χ1) is 8.94. The lowest BCUT2D eigenvalue weighted by molar-refractivity contribution is -0.137. The molecule has 19 heavy (non-hydrogen) atoms. The Kier molecular flexibility index (Phi) is 4.77. The molecular formula is C14H24F3NO. The Labute approximate surface area is 113 Å². The van der Waals surface area contributed by atoms with Crippen LogP contribution in [0.25, 0.3) is 0 Å². The number of hydrogen-bond acceptors (Lipinski definition) is 2. The first-order valence-electron chi connectivity index (χ1n) is 7.44. The quantitative estimate of drug-likeness (QED) is 0.832. The first-order valence-corrected chi connectivity index (χ1v) is 7.44. The number of hydrogen-bond donors (Lipinski definition) is 1. The number of likely N-dealkylation sites (tertiary alicyclic amines) is 1. The lowest BCUT2D eigenvalue weighted by Gasteiger charge is -2.43. The number of aliphatic hydroxyl groups excluding tert-OH is 1. The van der Waals surface area contributed by atoms with Gasteiger partial charge in [0.2, 0.25) is 0 Å². The molecule has 0 bridgehead atoms. The van der Waals surface area contributed by atoms with Gasteiger partial charge < -0.3 is 5.11 Å². The van der Waals surface area contributed by atoms with Crippen LogP contribution >= 0.6 is 0 Å². The van der Waals surface area contributed by atoms with Crippen LogP contribution in [0.3, 0.4) is 0 Å². The minimum atomic E-state index is -4.10. The molecule has 2 fully saturated rings. The summed E-state index contributed by atoms with van der Waals surface area (Å²) in [6.45, 7) is 1.99. The van der Waals surface area contributed by atoms with E-state index in [9.17, 15) is 18.3 Å². The van der Waals surface area contributed by atoms with Gasteiger partial charge in [0.1, 0.15) is 0 Å². The van der Waals surface area contributed by atoms with Gasteiger partial charge in [-0.1, -0.05) is 12.8 Å². The highest BCUT2D eigenvalue weighted by atomic mass is 19.4. The van der Waals surface area contributed by atoms with E-state index in [0.29, 0.717) is 0 Å². The Morgan fingerprint density at radius 2 is 1.63 bits per heavy atom. The molecule has 1 saturated carbocycles. The van der Waals surface area contributed by atoms with Crippen LogP contribution in [0.5, 0.6) is 0 Å². The summed E-state index contributed by atoms with van der Waals surface area (Å²) < 4.78 is 36.6. The van der Waals surface area contributed by atoms with Crippen molar-refractivity contribution >= 4 is 0 Å². The van der Waals surface area contributed by atoms with E-state index in [2.05, 4.69) is 4.90 Å². The predicted molar refractivity (Wildman–Crippen MR) is 67.9 cm³/mol. The summed E-state index contributed by atoms with van der Waals surface area (Å²) in [4.78, 5) is 2.35. The largest absolute Gasteiger partial charge is 0.391 e. The van der Waals surface area contributed by atoms with Crippen LogP contribution in [0.2, 0.25) is 0 Å². The molecule has 0 aromatic heterocycles. The van der Waals surface area contributed by atoms with Gasteiger partial charge in [0.25, 0.3) is 0 Å². The van der Waals surface area contributed by atoms with E-state index in [1.165, 1.54) is 0 Å². The van der Waals surface area contributed by atoms with Gasteiger partial charge in [0, 0.05) is 12.0 Å². The van der Waals surface area contributed by atoms with E-state index in [0.717, 1.165) is 51.6 Å². The van der Waals surface area contributed by atoms with Crippen LogP contribution in [0, 0.1) is 0 Å². The zero-order valence-electron chi connectivity index (χ0n) is 11.4. The molecule has 0 aromatic rings. The average molecular weight is 279 g/mol. The highest BCUT2D eigenvalue weighted by molar-refractivity contribution is 5.01. The van der Waals surface area contributed by atoms with Crippen molar-refractivity contribution in [1.29, 1.82) is 0 Å². The van der Waals surface area contributed by atoms with Crippen molar-refractivity contribution in [3.63, 3.8) is 0 Å². The summed E-state index contributed by atoms with van der Waals surface area (Å²) in [5.41, 5.74) is -0.220. The van der Waals surface area contributed by atoms with Crippen molar-refractivity contribution < 1.29 is 18.3 Å². The molecule has 0 spiro atoms. The Balaban J connectivity index is 1.91. The van der Waals surface area contributed by atoms with Crippen molar-refractivity contribution in [2.24, 2.45) is 0 Å². The number of nitrogens with zero attached hydrogens (tertiary/aromatic N) is 1. The molecule has 2 aliphatic rings. The summed E-state index contributed by atoms with van der Waals surface area (Å²) in [5.74, 6) is 0. The second kappa shape index (κ2) is 6.00. The van der Waals surface area contributed by atoms with Gasteiger partial charge in [-0.05, 0) is 51.6 Å². The van der Waals surface area contributed by atoms with Crippen molar-refractivity contribution in [2.75, 3.05) is 13.1 Å². The van der Waals surface area contributed by atoms with Gasteiger partial charge in [0.15, 0.2) is 0 Å². The third-order valence-electron chi connectivity index (χ3n) is 4.76. The molecule has 1 aliphatic carbocycles. The second-order valence-electron chi connectivity index (χ2n) is 6.03. The lowest BCUT2D eigenvalue weighted by Crippen LogP contribution is -2.53. The van der Waals surface area contributed by atoms with Crippen LogP contribution in [0.4, 0.5) is 13.2 Å². The fourth-order valence-electron chi connectivity index (χ4n) is 3.77. The Bertz CT molecular complexity index is 281. The topological polar surface area (TPSA) is 23.5 Å². The fourth-order valence-corrected chi connectivity index (χ4v) is 3.77. The van der Waals surface area contributed by atoms with Gasteiger partial charge in [-0.25, -0.2) is 0 Å². The zero-order valence-corrected chi connectivity index (χ0v) is 11.4. The smallest absolute Gasteiger partial charge is 0.389 e. The van der Waals surface area contributed by atoms with E-state index in [1.54, 1.807) is 0 Å². The normalized spacial score (nSPS) is 25.9. The van der Waals surface area contributed by atoms with Crippen molar-refractivity contribution in [3.05, 3.63) is 0 Å². The predicted octanol–water partition coefficient (Wildman–Crippen LogP) is 3.49. The Morgan fingerprint density at radius 3 is 2.16 bits per heavy atom. The molecule has 0 radical (unpaired) electrons. The molecule has 1 atom stereocenters. The maximum atomic E-state index is 12.2. The van der Waals surface area contributed by atoms with E-state index in [4.69, 9.17) is 0 Å². The maximum absolute atomic E-state index is 12.2. The molecule has 1 N–H and O–H groups in total. The average Bonchev–Trinajstić information content (AvgIpc) is 2.99. The summed E-state index contributed by atoms with van der Waals surface area (Å²) >= 11 is 0. The number of aliphatic hydroxyl groups is 1. The summed E-state index contributed by atoms with van der Waals surface area (Å²) in [6.07, 6.45) is 1.20. The molecule has 2 rings (SSSR count). The van der Waals surface area contributed by atoms with E-state index >= 15 is 0 Å². The molecule has 112 valence electrons. The molecule has 2 nitrogen and oxygen atoms in total. The third-order valence-corrected chi connectivity index (χ3v) is 4.76. The van der Waals surface area contributed by atoms with E-state index in [-0.39, 0.29) is 18.4 Å². The van der Waals surface area contributed by atoms with Crippen LogP contribution in [-0.2, 0) is 0 Å². The number of halogens is 3. The van der Waals surface area contributed by atoms with Gasteiger partial charge >= 0.3 is 6.18 Å². The number of alkyl halides is 3. The standard InChI is InChI=1S/C14H24F3NO/c15-14(16,17)9-5-6-12(19)13(7-1-2-8-13)18-10-3-4-11-18/h12,19H,1-11H2. The maximum Gasteiger partial charge on any atom is 0.389 e. The highest BCUT2D eigenvalue weighted by Crippen LogP contribution is 2.41. The van der Waals surface area contributed by atoms with E-state index < -0.39 is 18.7 Å². The van der Waals surface area contributed by atoms with Gasteiger partial charge in [-0.3, -0.25) is 4.90 Å². The van der Waals surface area contributed by atoms with Gasteiger partial charge in [-0.2, -0.15) is 13.2 Å². The molecule has 1 aliphatic heterocycles. The lowest BCUT2D eigenvalue weighted by atomic mass is 9.85. The van der Waals surface area contributed by atoms with Crippen molar-refractivity contribution in [1.82, 2.24) is 4.90 Å². The minimum absolute atomic E-state index is 0.0419. The fraction of sp³-hybridized carbons (Fsp3) is 1.00. The molecule has 0 aromatic carbocycles. The summed E-state index contributed by atoms with van der Waals surface area (Å²) in [7, 11) is 0. The monoisotopic (exact) mass is 279 g/mol. The van der Waals surface area contributed by atoms with Crippen LogP contribution < -0.4 is 0 Å². The summed E-state index contributed by atoms with van der Waals surface area (Å²) in [6, 6.07) is 0. The summed E-state index contributed by atoms with van der Waals surface area (Å²) in [5, 5.41) is 10.4. The van der Waals surface area contributed by atoms with Crippen LogP contribution in [0.1, 0.15) is 57.8 Å². The minimum Gasteiger partial charge on any atom is -0.391 e. The molecule has 1 heterocycles. The zero-order chi connectivity index (χ0) is 13.9. The Morgan fingerprint density at radius 1 is 1.05 bits per heavy atom. The molecule has 5 heteroatoms. The number of rotatable bonds is 5. The van der Waals surface area contributed by atoms with Crippen molar-refractivity contribution in [3.8, 4) is 0 Å². The molecule has 1 saturated heterocycles. The van der Waals surface area contributed by atoms with Crippen LogP contribution in [-0.4, -0.2) is 40.9 Å². The molecule has 1 unspecified atom stereocenters. The molecular weight excluding hydrogens is 255 g/mol.